The summed E-state index contributed by atoms with van der Waals surface area (Å²) < 4.78 is 45.8. The highest BCUT2D eigenvalue weighted by Crippen LogP contribution is 2.33. The van der Waals surface area contributed by atoms with Crippen LogP contribution in [0.25, 0.3) is 0 Å². The van der Waals surface area contributed by atoms with E-state index in [-0.39, 0.29) is 23.2 Å². The third-order valence-electron chi connectivity index (χ3n) is 5.31. The number of nitrogens with two attached hydrogens (primary N) is 1. The van der Waals surface area contributed by atoms with Crippen LogP contribution in [-0.2, 0) is 15.6 Å². The molecule has 0 aromatic carbocycles. The number of nitrogens with one attached hydrogen (secondary N) is 1. The number of aromatic nitrogens is 2. The number of hydrogen-bond acceptors (Lipinski definition) is 8. The molecule has 1 fully saturated rings. The second kappa shape index (κ2) is 8.01. The fourth-order valence-corrected chi connectivity index (χ4v) is 4.67. The maximum absolute atomic E-state index is 14.6. The van der Waals surface area contributed by atoms with Gasteiger partial charge in [-0.05, 0) is 49.9 Å². The highest BCUT2D eigenvalue weighted by atomic mass is 32.2. The van der Waals surface area contributed by atoms with Crippen LogP contribution in [0.5, 0.6) is 5.75 Å². The molecule has 10 nitrogen and oxygen atoms in total. The second-order valence-corrected chi connectivity index (χ2v) is 10.1. The maximum Gasteiger partial charge on any atom is 0.275 e. The lowest BCUT2D eigenvalue weighted by Crippen LogP contribution is -2.50. The number of hydrogen-bond donors (Lipinski definition) is 2. The number of anilines is 1. The molecule has 3 heterocycles. The van der Waals surface area contributed by atoms with Crippen molar-refractivity contribution in [1.82, 2.24) is 14.3 Å². The fourth-order valence-electron chi connectivity index (χ4n) is 3.24. The SMILES string of the molecule is CN1C(N)=N[C@](C)(c2nc(NC(=O)c3ccc(OCC4CC4)cn3)ccc2F)CS1(=O)=O. The summed E-state index contributed by atoms with van der Waals surface area (Å²) >= 11 is 0. The van der Waals surface area contributed by atoms with Gasteiger partial charge in [0.25, 0.3) is 5.91 Å². The Morgan fingerprint density at radius 2 is 2.09 bits per heavy atom. The topological polar surface area (TPSA) is 140 Å². The van der Waals surface area contributed by atoms with Crippen LogP contribution in [0.15, 0.2) is 35.5 Å². The Labute approximate surface area is 184 Å². The minimum absolute atomic E-state index is 0.0218. The molecular formula is C20H23FN6O4S. The Bertz CT molecular complexity index is 1180. The van der Waals surface area contributed by atoms with E-state index in [1.807, 2.05) is 0 Å². The molecule has 12 heteroatoms. The van der Waals surface area contributed by atoms with Gasteiger partial charge in [-0.1, -0.05) is 0 Å². The molecule has 32 heavy (non-hydrogen) atoms. The molecule has 2 aromatic heterocycles. The van der Waals surface area contributed by atoms with Gasteiger partial charge in [0.15, 0.2) is 0 Å². The van der Waals surface area contributed by atoms with E-state index in [0.29, 0.717) is 18.3 Å². The van der Waals surface area contributed by atoms with Crippen molar-refractivity contribution in [3.05, 3.63) is 47.7 Å². The van der Waals surface area contributed by atoms with Crippen LogP contribution in [0.4, 0.5) is 10.2 Å². The first-order valence-electron chi connectivity index (χ1n) is 9.96. The van der Waals surface area contributed by atoms with Crippen LogP contribution in [0.2, 0.25) is 0 Å². The van der Waals surface area contributed by atoms with Gasteiger partial charge in [0.05, 0.1) is 12.8 Å². The van der Waals surface area contributed by atoms with Gasteiger partial charge in [0.1, 0.15) is 40.1 Å². The zero-order valence-electron chi connectivity index (χ0n) is 17.6. The van der Waals surface area contributed by atoms with E-state index >= 15 is 0 Å². The number of rotatable bonds is 6. The minimum atomic E-state index is -3.81. The summed E-state index contributed by atoms with van der Waals surface area (Å²) in [4.78, 5) is 24.9. The predicted molar refractivity (Wildman–Crippen MR) is 115 cm³/mol. The molecule has 3 N–H and O–H groups in total. The second-order valence-electron chi connectivity index (χ2n) is 8.08. The smallest absolute Gasteiger partial charge is 0.275 e. The van der Waals surface area contributed by atoms with E-state index in [9.17, 15) is 17.6 Å². The summed E-state index contributed by atoms with van der Waals surface area (Å²) in [6, 6.07) is 5.51. The minimum Gasteiger partial charge on any atom is -0.492 e. The van der Waals surface area contributed by atoms with E-state index < -0.39 is 33.0 Å². The van der Waals surface area contributed by atoms with E-state index in [4.69, 9.17) is 10.5 Å². The first kappa shape index (κ1) is 21.9. The summed E-state index contributed by atoms with van der Waals surface area (Å²) in [5.74, 6) is -0.941. The average molecular weight is 463 g/mol. The number of nitrogens with zero attached hydrogens (tertiary/aromatic N) is 4. The van der Waals surface area contributed by atoms with Gasteiger partial charge in [0.2, 0.25) is 16.0 Å². The molecule has 1 aliphatic heterocycles. The number of carbonyl (C=O) groups is 1. The number of aliphatic imine (C=N–C) groups is 1. The first-order chi connectivity index (χ1) is 15.1. The van der Waals surface area contributed by atoms with Crippen LogP contribution in [0.3, 0.4) is 0 Å². The van der Waals surface area contributed by atoms with Crippen molar-refractivity contribution in [3.63, 3.8) is 0 Å². The van der Waals surface area contributed by atoms with Crippen molar-refractivity contribution in [3.8, 4) is 5.75 Å². The van der Waals surface area contributed by atoms with Crippen LogP contribution in [0, 0.1) is 11.7 Å². The van der Waals surface area contributed by atoms with E-state index in [1.165, 1.54) is 45.1 Å². The van der Waals surface area contributed by atoms with E-state index in [1.54, 1.807) is 6.07 Å². The Balaban J connectivity index is 1.53. The van der Waals surface area contributed by atoms with Gasteiger partial charge in [0, 0.05) is 7.05 Å². The molecule has 0 unspecified atom stereocenters. The standard InChI is InChI=1S/C20H23FN6O4S/c1-20(11-32(29,30)27(2)19(22)26-20)17-14(21)6-8-16(24-17)25-18(28)15-7-5-13(9-23-15)31-10-12-3-4-12/h5-9,12H,3-4,10-11H2,1-2H3,(H2,22,26)(H,24,25,28)/t20-/m0/s1. The molecule has 1 aliphatic carbocycles. The summed E-state index contributed by atoms with van der Waals surface area (Å²) in [7, 11) is -2.54. The Kier molecular flexibility index (Phi) is 5.49. The average Bonchev–Trinajstić information content (AvgIpc) is 3.56. The van der Waals surface area contributed by atoms with Gasteiger partial charge >= 0.3 is 0 Å². The third kappa shape index (κ3) is 4.49. The summed E-state index contributed by atoms with van der Waals surface area (Å²) in [5.41, 5.74) is 4.04. The molecule has 0 bridgehead atoms. The number of ether oxygens (including phenoxy) is 1. The Hall–Kier alpha value is -3.28. The highest BCUT2D eigenvalue weighted by Gasteiger charge is 2.43. The first-order valence-corrected chi connectivity index (χ1v) is 11.6. The maximum atomic E-state index is 14.6. The number of guanidine groups is 1. The molecule has 1 saturated carbocycles. The predicted octanol–water partition coefficient (Wildman–Crippen LogP) is 1.46. The quantitative estimate of drug-likeness (QED) is 0.662. The van der Waals surface area contributed by atoms with Crippen molar-refractivity contribution < 1.29 is 22.3 Å². The van der Waals surface area contributed by atoms with Gasteiger partial charge in [-0.15, -0.1) is 0 Å². The Morgan fingerprint density at radius 3 is 2.72 bits per heavy atom. The zero-order chi connectivity index (χ0) is 23.1. The van der Waals surface area contributed by atoms with Crippen LogP contribution in [0.1, 0.15) is 35.9 Å². The lowest BCUT2D eigenvalue weighted by atomic mass is 10.00. The molecule has 4 rings (SSSR count). The number of sulfonamides is 1. The zero-order valence-corrected chi connectivity index (χ0v) is 18.4. The number of halogens is 1. The van der Waals surface area contributed by atoms with Crippen LogP contribution >= 0.6 is 0 Å². The largest absolute Gasteiger partial charge is 0.492 e. The van der Waals surface area contributed by atoms with Crippen LogP contribution < -0.4 is 15.8 Å². The van der Waals surface area contributed by atoms with Crippen LogP contribution in [-0.4, -0.2) is 54.0 Å². The molecule has 170 valence electrons. The lowest BCUT2D eigenvalue weighted by molar-refractivity contribution is 0.102. The van der Waals surface area contributed by atoms with E-state index in [0.717, 1.165) is 10.4 Å². The number of carbonyl (C=O) groups excluding carboxylic acids is 1. The summed E-state index contributed by atoms with van der Waals surface area (Å²) in [5, 5.41) is 2.54. The fraction of sp³-hybridized carbons (Fsp3) is 0.400. The van der Waals surface area contributed by atoms with Crippen molar-refractivity contribution >= 4 is 27.7 Å². The molecule has 2 aromatic rings. The number of amides is 1. The highest BCUT2D eigenvalue weighted by molar-refractivity contribution is 7.89. The van der Waals surface area contributed by atoms with Gasteiger partial charge < -0.3 is 15.8 Å². The third-order valence-corrected chi connectivity index (χ3v) is 7.26. The molecule has 1 atom stereocenters. The molecule has 1 amide bonds. The lowest BCUT2D eigenvalue weighted by Gasteiger charge is -2.33. The van der Waals surface area contributed by atoms with Gasteiger partial charge in [-0.2, -0.15) is 0 Å². The Morgan fingerprint density at radius 1 is 1.34 bits per heavy atom. The molecule has 0 spiro atoms. The summed E-state index contributed by atoms with van der Waals surface area (Å²) in [6.07, 6.45) is 3.79. The molecular weight excluding hydrogens is 439 g/mol. The summed E-state index contributed by atoms with van der Waals surface area (Å²) in [6.45, 7) is 2.05. The van der Waals surface area contributed by atoms with Crippen molar-refractivity contribution in [2.45, 2.75) is 25.3 Å². The van der Waals surface area contributed by atoms with Gasteiger partial charge in [-0.25, -0.2) is 32.1 Å². The van der Waals surface area contributed by atoms with E-state index in [2.05, 4.69) is 20.3 Å². The monoisotopic (exact) mass is 462 g/mol. The van der Waals surface area contributed by atoms with Crippen molar-refractivity contribution in [1.29, 1.82) is 0 Å². The number of pyridine rings is 2. The van der Waals surface area contributed by atoms with Gasteiger partial charge in [-0.3, -0.25) is 4.79 Å². The molecule has 0 radical (unpaired) electrons. The van der Waals surface area contributed by atoms with Crippen molar-refractivity contribution in [2.24, 2.45) is 16.6 Å². The normalized spacial score (nSPS) is 22.2. The van der Waals surface area contributed by atoms with Crippen molar-refractivity contribution in [2.75, 3.05) is 24.7 Å². The molecule has 0 saturated heterocycles. The molecule has 2 aliphatic rings.